The Hall–Kier alpha value is -5.23. The highest BCUT2D eigenvalue weighted by atomic mass is 15.3. The molecule has 50 heavy (non-hydrogen) atoms. The first-order valence-corrected chi connectivity index (χ1v) is 18.2. The van der Waals surface area contributed by atoms with E-state index in [9.17, 15) is 0 Å². The summed E-state index contributed by atoms with van der Waals surface area (Å²) >= 11 is 0. The molecule has 0 amide bonds. The van der Waals surface area contributed by atoms with Crippen LogP contribution in [0.1, 0.15) is 69.2 Å². The Morgan fingerprint density at radius 3 is 2.64 bits per heavy atom. The van der Waals surface area contributed by atoms with Crippen molar-refractivity contribution < 1.29 is 0 Å². The SMILES string of the molecule is C/C=N\C1C2N=C(N3C4=C(CCC=N4)Cc4cc(-c5ccc(-c6ccc7c(n6)C6=C(CC=CC=N6)CC=C7)cc5)ccc43)CCC2C=C[C@H]1C. The highest BCUT2D eigenvalue weighted by Gasteiger charge is 2.39. The number of amidine groups is 1. The van der Waals surface area contributed by atoms with Gasteiger partial charge in [0.2, 0.25) is 0 Å². The van der Waals surface area contributed by atoms with Crippen molar-refractivity contribution in [2.24, 2.45) is 31.8 Å². The van der Waals surface area contributed by atoms with Crippen LogP contribution in [0.5, 0.6) is 0 Å². The third-order valence-corrected chi connectivity index (χ3v) is 11.1. The molecule has 0 bridgehead atoms. The second-order valence-corrected chi connectivity index (χ2v) is 14.2. The van der Waals surface area contributed by atoms with Crippen molar-refractivity contribution in [2.45, 2.75) is 70.9 Å². The molecular weight excluding hydrogens is 613 g/mol. The predicted octanol–water partition coefficient (Wildman–Crippen LogP) is 9.86. The van der Waals surface area contributed by atoms with Crippen molar-refractivity contribution in [2.75, 3.05) is 4.90 Å². The molecule has 0 saturated heterocycles. The number of pyridine rings is 1. The summed E-state index contributed by atoms with van der Waals surface area (Å²) in [6.45, 7) is 4.29. The Kier molecular flexibility index (Phi) is 7.95. The van der Waals surface area contributed by atoms with Crippen LogP contribution in [0, 0.1) is 11.8 Å². The van der Waals surface area contributed by atoms with Gasteiger partial charge in [0.15, 0.2) is 0 Å². The van der Waals surface area contributed by atoms with Gasteiger partial charge >= 0.3 is 0 Å². The number of allylic oxidation sites excluding steroid dienone is 5. The highest BCUT2D eigenvalue weighted by Crippen LogP contribution is 2.43. The van der Waals surface area contributed by atoms with Gasteiger partial charge in [-0.1, -0.05) is 73.7 Å². The summed E-state index contributed by atoms with van der Waals surface area (Å²) in [6.07, 6.45) is 26.1. The Bertz CT molecular complexity index is 2140. The summed E-state index contributed by atoms with van der Waals surface area (Å²) in [7, 11) is 0. The zero-order valence-corrected chi connectivity index (χ0v) is 28.8. The van der Waals surface area contributed by atoms with Gasteiger partial charge in [-0.2, -0.15) is 0 Å². The summed E-state index contributed by atoms with van der Waals surface area (Å²) in [4.78, 5) is 27.7. The first kappa shape index (κ1) is 30.8. The normalized spacial score (nSPS) is 25.1. The lowest BCUT2D eigenvalue weighted by atomic mass is 9.77. The maximum Gasteiger partial charge on any atom is 0.137 e. The van der Waals surface area contributed by atoms with Gasteiger partial charge in [0.25, 0.3) is 0 Å². The van der Waals surface area contributed by atoms with Gasteiger partial charge in [-0.05, 0) is 110 Å². The average Bonchev–Trinajstić information content (AvgIpc) is 3.49. The van der Waals surface area contributed by atoms with Crippen LogP contribution >= 0.6 is 0 Å². The Morgan fingerprint density at radius 2 is 1.74 bits per heavy atom. The van der Waals surface area contributed by atoms with E-state index in [4.69, 9.17) is 25.0 Å². The minimum atomic E-state index is 0.163. The lowest BCUT2D eigenvalue weighted by Gasteiger charge is -2.41. The minimum absolute atomic E-state index is 0.163. The van der Waals surface area contributed by atoms with E-state index in [-0.39, 0.29) is 12.1 Å². The lowest BCUT2D eigenvalue weighted by molar-refractivity contribution is 0.333. The van der Waals surface area contributed by atoms with Gasteiger partial charge in [-0.3, -0.25) is 19.9 Å². The fraction of sp³-hybridized carbons (Fsp3) is 0.295. The average molecular weight is 655 g/mol. The number of hydrogen-bond donors (Lipinski definition) is 0. The molecule has 248 valence electrons. The van der Waals surface area contributed by atoms with E-state index >= 15 is 0 Å². The van der Waals surface area contributed by atoms with E-state index in [1.807, 2.05) is 25.4 Å². The summed E-state index contributed by atoms with van der Waals surface area (Å²) in [6, 6.07) is 20.5. The Balaban J connectivity index is 1.04. The van der Waals surface area contributed by atoms with E-state index in [0.717, 1.165) is 84.8 Å². The quantitative estimate of drug-likeness (QED) is 0.208. The van der Waals surface area contributed by atoms with Crippen molar-refractivity contribution in [1.29, 1.82) is 0 Å². The molecule has 4 aliphatic heterocycles. The number of nitrogens with zero attached hydrogens (tertiary/aromatic N) is 6. The number of hydrogen-bond acceptors (Lipinski definition) is 6. The van der Waals surface area contributed by atoms with Crippen molar-refractivity contribution >= 4 is 41.9 Å². The van der Waals surface area contributed by atoms with Gasteiger partial charge < -0.3 is 0 Å². The molecule has 0 saturated carbocycles. The summed E-state index contributed by atoms with van der Waals surface area (Å²) in [5.41, 5.74) is 12.9. The van der Waals surface area contributed by atoms with Gasteiger partial charge in [0.05, 0.1) is 34.9 Å². The molecule has 1 aromatic heterocycles. The van der Waals surface area contributed by atoms with E-state index in [1.165, 1.54) is 33.5 Å². The molecule has 5 heterocycles. The number of rotatable bonds is 3. The molecule has 0 radical (unpaired) electrons. The van der Waals surface area contributed by atoms with Crippen molar-refractivity contribution in [1.82, 2.24) is 4.98 Å². The van der Waals surface area contributed by atoms with Crippen LogP contribution in [0.15, 0.2) is 122 Å². The molecule has 6 nitrogen and oxygen atoms in total. The van der Waals surface area contributed by atoms with Crippen LogP contribution in [-0.4, -0.2) is 41.5 Å². The minimum Gasteiger partial charge on any atom is -0.292 e. The molecular formula is C44H42N6. The van der Waals surface area contributed by atoms with E-state index in [1.54, 1.807) is 0 Å². The summed E-state index contributed by atoms with van der Waals surface area (Å²) < 4.78 is 0. The summed E-state index contributed by atoms with van der Waals surface area (Å²) in [5, 5.41) is 0. The lowest BCUT2D eigenvalue weighted by Crippen LogP contribution is -2.44. The van der Waals surface area contributed by atoms with Crippen LogP contribution in [0.4, 0.5) is 5.69 Å². The van der Waals surface area contributed by atoms with Crippen LogP contribution < -0.4 is 4.90 Å². The molecule has 0 fully saturated rings. The predicted molar refractivity (Wildman–Crippen MR) is 209 cm³/mol. The molecule has 6 heteroatoms. The molecule has 0 spiro atoms. The molecule has 3 unspecified atom stereocenters. The molecule has 9 rings (SSSR count). The summed E-state index contributed by atoms with van der Waals surface area (Å²) in [5.74, 6) is 3.04. The number of aromatic nitrogens is 1. The Morgan fingerprint density at radius 1 is 0.880 bits per heavy atom. The molecule has 6 aliphatic rings. The second kappa shape index (κ2) is 12.9. The fourth-order valence-corrected chi connectivity index (χ4v) is 8.46. The zero-order valence-electron chi connectivity index (χ0n) is 28.8. The molecule has 3 aromatic rings. The number of anilines is 1. The standard InChI is InChI=1S/C44H42N6/c1-3-45-40-28(2)12-13-33-20-23-39(49-42(33)40)50-38-22-19-34(26-36(38)27-35-11-7-25-47-44(35)50)29-14-16-30(17-15-29)37-21-18-32-10-6-9-31-8-4-5-24-46-41(31)43(32)48-37/h3-6,10,12-19,21-22,24-26,28,33,40,42H,7-9,11,20,23,27H2,1-2H3/b45-3-/t28-,33?,40?,42?/m1/s1. The van der Waals surface area contributed by atoms with Crippen LogP contribution in [0.3, 0.4) is 0 Å². The highest BCUT2D eigenvalue weighted by molar-refractivity contribution is 6.03. The number of fused-ring (bicyclic) bond motifs is 4. The van der Waals surface area contributed by atoms with Gasteiger partial charge in [-0.25, -0.2) is 9.98 Å². The third kappa shape index (κ3) is 5.47. The van der Waals surface area contributed by atoms with Gasteiger partial charge in [0.1, 0.15) is 11.7 Å². The van der Waals surface area contributed by atoms with Crippen LogP contribution in [-0.2, 0) is 6.42 Å². The topological polar surface area (TPSA) is 65.6 Å². The first-order chi connectivity index (χ1) is 24.6. The van der Waals surface area contributed by atoms with Crippen LogP contribution in [0.25, 0.3) is 34.2 Å². The van der Waals surface area contributed by atoms with Crippen molar-refractivity contribution in [3.8, 4) is 22.4 Å². The largest absolute Gasteiger partial charge is 0.292 e. The maximum atomic E-state index is 5.49. The molecule has 0 N–H and O–H groups in total. The van der Waals surface area contributed by atoms with E-state index in [0.29, 0.717) is 11.8 Å². The fourth-order valence-electron chi connectivity index (χ4n) is 8.46. The van der Waals surface area contributed by atoms with E-state index in [2.05, 4.69) is 103 Å². The molecule has 2 aliphatic carbocycles. The Labute approximate surface area is 294 Å². The van der Waals surface area contributed by atoms with Crippen molar-refractivity contribution in [3.63, 3.8) is 0 Å². The van der Waals surface area contributed by atoms with E-state index < -0.39 is 0 Å². The monoisotopic (exact) mass is 654 g/mol. The van der Waals surface area contributed by atoms with Crippen molar-refractivity contribution in [3.05, 3.63) is 119 Å². The zero-order chi connectivity index (χ0) is 33.6. The van der Waals surface area contributed by atoms with Crippen LogP contribution in [0.2, 0.25) is 0 Å². The second-order valence-electron chi connectivity index (χ2n) is 14.2. The van der Waals surface area contributed by atoms with Gasteiger partial charge in [0, 0.05) is 35.9 Å². The molecule has 2 aromatic carbocycles. The van der Waals surface area contributed by atoms with Gasteiger partial charge in [-0.15, -0.1) is 0 Å². The maximum absolute atomic E-state index is 5.49. The first-order valence-electron chi connectivity index (χ1n) is 18.2. The third-order valence-electron chi connectivity index (χ3n) is 11.1. The number of benzene rings is 2. The number of aliphatic imine (C=N–C) groups is 4. The smallest absolute Gasteiger partial charge is 0.137 e. The molecule has 4 atom stereocenters.